The monoisotopic (exact) mass is 241 g/mol. The fourth-order valence-corrected chi connectivity index (χ4v) is 2.93. The third-order valence-corrected chi connectivity index (χ3v) is 4.03. The van der Waals surface area contributed by atoms with Crippen molar-refractivity contribution in [2.75, 3.05) is 26.3 Å². The van der Waals surface area contributed by atoms with Gasteiger partial charge in [0, 0.05) is 18.5 Å². The quantitative estimate of drug-likeness (QED) is 0.823. The van der Waals surface area contributed by atoms with Crippen LogP contribution in [-0.2, 0) is 9.47 Å². The minimum absolute atomic E-state index is 0.235. The Morgan fingerprint density at radius 2 is 2.06 bits per heavy atom. The van der Waals surface area contributed by atoms with Gasteiger partial charge in [0.1, 0.15) is 0 Å². The molecule has 1 aliphatic carbocycles. The van der Waals surface area contributed by atoms with E-state index in [2.05, 4.69) is 19.2 Å². The second-order valence-electron chi connectivity index (χ2n) is 6.01. The van der Waals surface area contributed by atoms with Gasteiger partial charge in [-0.1, -0.05) is 19.3 Å². The van der Waals surface area contributed by atoms with Crippen LogP contribution in [0.25, 0.3) is 0 Å². The number of ether oxygens (including phenoxy) is 2. The summed E-state index contributed by atoms with van der Waals surface area (Å²) in [5, 5.41) is 3.58. The molecule has 3 heteroatoms. The molecule has 0 aromatic heterocycles. The van der Waals surface area contributed by atoms with E-state index in [4.69, 9.17) is 9.47 Å². The SMILES string of the molecule is CC(C)OCC1CNCC2(CCCCC2)CO1. The summed E-state index contributed by atoms with van der Waals surface area (Å²) in [6, 6.07) is 0. The summed E-state index contributed by atoms with van der Waals surface area (Å²) in [6.07, 6.45) is 7.34. The molecule has 2 aliphatic rings. The summed E-state index contributed by atoms with van der Waals surface area (Å²) in [5.74, 6) is 0. The van der Waals surface area contributed by atoms with Gasteiger partial charge in [-0.15, -0.1) is 0 Å². The normalized spacial score (nSPS) is 29.5. The fourth-order valence-electron chi connectivity index (χ4n) is 2.93. The Hall–Kier alpha value is -0.120. The van der Waals surface area contributed by atoms with Crippen LogP contribution in [0.4, 0.5) is 0 Å². The topological polar surface area (TPSA) is 30.5 Å². The van der Waals surface area contributed by atoms with Crippen molar-refractivity contribution in [2.45, 2.75) is 58.2 Å². The molecule has 3 nitrogen and oxygen atoms in total. The Labute approximate surface area is 105 Å². The van der Waals surface area contributed by atoms with E-state index in [9.17, 15) is 0 Å². The maximum Gasteiger partial charge on any atom is 0.0932 e. The van der Waals surface area contributed by atoms with E-state index >= 15 is 0 Å². The van der Waals surface area contributed by atoms with Crippen molar-refractivity contribution in [2.24, 2.45) is 5.41 Å². The third-order valence-electron chi connectivity index (χ3n) is 4.03. The first-order valence-corrected chi connectivity index (χ1v) is 7.14. The molecule has 1 heterocycles. The molecular formula is C14H27NO2. The second kappa shape index (κ2) is 6.17. The van der Waals surface area contributed by atoms with Crippen LogP contribution in [0, 0.1) is 5.41 Å². The molecule has 0 bridgehead atoms. The summed E-state index contributed by atoms with van der Waals surface area (Å²) in [5.41, 5.74) is 0.421. The van der Waals surface area contributed by atoms with E-state index in [1.807, 2.05) is 0 Å². The van der Waals surface area contributed by atoms with Gasteiger partial charge in [0.15, 0.2) is 0 Å². The van der Waals surface area contributed by atoms with E-state index < -0.39 is 0 Å². The van der Waals surface area contributed by atoms with E-state index in [1.54, 1.807) is 0 Å². The molecule has 2 rings (SSSR count). The average Bonchev–Trinajstić information content (AvgIpc) is 2.51. The highest BCUT2D eigenvalue weighted by Crippen LogP contribution is 2.37. The zero-order chi connectivity index (χ0) is 12.1. The molecule has 1 unspecified atom stereocenters. The largest absolute Gasteiger partial charge is 0.376 e. The van der Waals surface area contributed by atoms with Crippen molar-refractivity contribution in [3.63, 3.8) is 0 Å². The van der Waals surface area contributed by atoms with Crippen LogP contribution in [0.3, 0.4) is 0 Å². The number of hydrogen-bond acceptors (Lipinski definition) is 3. The highest BCUT2D eigenvalue weighted by atomic mass is 16.5. The maximum atomic E-state index is 6.06. The standard InChI is InChI=1S/C14H27NO2/c1-12(2)16-9-13-8-15-10-14(11-17-13)6-4-3-5-7-14/h12-13,15H,3-11H2,1-2H3. The lowest BCUT2D eigenvalue weighted by Gasteiger charge is -2.35. The summed E-state index contributed by atoms with van der Waals surface area (Å²) in [6.45, 7) is 7.87. The lowest BCUT2D eigenvalue weighted by atomic mass is 9.75. The van der Waals surface area contributed by atoms with Crippen LogP contribution >= 0.6 is 0 Å². The van der Waals surface area contributed by atoms with Gasteiger partial charge in [-0.2, -0.15) is 0 Å². The van der Waals surface area contributed by atoms with E-state index in [-0.39, 0.29) is 6.10 Å². The van der Waals surface area contributed by atoms with Gasteiger partial charge in [0.2, 0.25) is 0 Å². The highest BCUT2D eigenvalue weighted by Gasteiger charge is 2.35. The molecule has 0 radical (unpaired) electrons. The molecule has 0 aromatic carbocycles. The van der Waals surface area contributed by atoms with Gasteiger partial charge < -0.3 is 14.8 Å². The molecule has 0 aromatic rings. The fraction of sp³-hybridized carbons (Fsp3) is 1.00. The van der Waals surface area contributed by atoms with Gasteiger partial charge in [-0.05, 0) is 26.7 Å². The zero-order valence-corrected chi connectivity index (χ0v) is 11.3. The first-order chi connectivity index (χ1) is 8.20. The van der Waals surface area contributed by atoms with Crippen molar-refractivity contribution in [3.05, 3.63) is 0 Å². The maximum absolute atomic E-state index is 6.06. The van der Waals surface area contributed by atoms with Crippen LogP contribution in [0.15, 0.2) is 0 Å². The van der Waals surface area contributed by atoms with Gasteiger partial charge in [-0.3, -0.25) is 0 Å². The molecule has 1 N–H and O–H groups in total. The molecule has 2 fully saturated rings. The lowest BCUT2D eigenvalue weighted by molar-refractivity contribution is -0.0530. The lowest BCUT2D eigenvalue weighted by Crippen LogP contribution is -2.37. The van der Waals surface area contributed by atoms with Gasteiger partial charge in [0.05, 0.1) is 25.4 Å². The summed E-state index contributed by atoms with van der Waals surface area (Å²) in [7, 11) is 0. The van der Waals surface area contributed by atoms with E-state index in [0.29, 0.717) is 11.5 Å². The summed E-state index contributed by atoms with van der Waals surface area (Å²) in [4.78, 5) is 0. The Morgan fingerprint density at radius 1 is 1.29 bits per heavy atom. The smallest absolute Gasteiger partial charge is 0.0932 e. The number of hydrogen-bond donors (Lipinski definition) is 1. The van der Waals surface area contributed by atoms with Crippen LogP contribution < -0.4 is 5.32 Å². The van der Waals surface area contributed by atoms with Gasteiger partial charge in [-0.25, -0.2) is 0 Å². The van der Waals surface area contributed by atoms with E-state index in [1.165, 1.54) is 32.1 Å². The first-order valence-electron chi connectivity index (χ1n) is 7.14. The first kappa shape index (κ1) is 13.3. The van der Waals surface area contributed by atoms with Crippen molar-refractivity contribution in [1.29, 1.82) is 0 Å². The molecule has 100 valence electrons. The summed E-state index contributed by atoms with van der Waals surface area (Å²) >= 11 is 0. The molecule has 1 spiro atoms. The molecule has 0 amide bonds. The van der Waals surface area contributed by atoms with Gasteiger partial charge >= 0.3 is 0 Å². The van der Waals surface area contributed by atoms with Crippen molar-refractivity contribution < 1.29 is 9.47 Å². The van der Waals surface area contributed by atoms with E-state index in [0.717, 1.165) is 26.3 Å². The molecule has 17 heavy (non-hydrogen) atoms. The van der Waals surface area contributed by atoms with Crippen LogP contribution in [0.2, 0.25) is 0 Å². The van der Waals surface area contributed by atoms with Crippen molar-refractivity contribution >= 4 is 0 Å². The molecular weight excluding hydrogens is 214 g/mol. The molecule has 1 aliphatic heterocycles. The zero-order valence-electron chi connectivity index (χ0n) is 11.3. The number of rotatable bonds is 3. The predicted octanol–water partition coefficient (Wildman–Crippen LogP) is 2.35. The van der Waals surface area contributed by atoms with Crippen LogP contribution in [0.5, 0.6) is 0 Å². The Bertz CT molecular complexity index is 224. The molecule has 1 saturated carbocycles. The van der Waals surface area contributed by atoms with Crippen molar-refractivity contribution in [1.82, 2.24) is 5.32 Å². The Morgan fingerprint density at radius 3 is 2.76 bits per heavy atom. The highest BCUT2D eigenvalue weighted by molar-refractivity contribution is 4.87. The van der Waals surface area contributed by atoms with Crippen molar-refractivity contribution in [3.8, 4) is 0 Å². The third kappa shape index (κ3) is 3.94. The summed E-state index contributed by atoms with van der Waals surface area (Å²) < 4.78 is 11.7. The van der Waals surface area contributed by atoms with Crippen LogP contribution in [-0.4, -0.2) is 38.5 Å². The predicted molar refractivity (Wildman–Crippen MR) is 69.2 cm³/mol. The Kier molecular flexibility index (Phi) is 4.83. The Balaban J connectivity index is 1.80. The number of nitrogens with one attached hydrogen (secondary N) is 1. The minimum atomic E-state index is 0.235. The van der Waals surface area contributed by atoms with Crippen LogP contribution in [0.1, 0.15) is 46.0 Å². The molecule has 1 saturated heterocycles. The second-order valence-corrected chi connectivity index (χ2v) is 6.01. The average molecular weight is 241 g/mol. The molecule has 1 atom stereocenters. The minimum Gasteiger partial charge on any atom is -0.376 e. The van der Waals surface area contributed by atoms with Gasteiger partial charge in [0.25, 0.3) is 0 Å².